The molecular weight excluding hydrogens is 316 g/mol. The van der Waals surface area contributed by atoms with E-state index in [1.54, 1.807) is 20.8 Å². The van der Waals surface area contributed by atoms with Crippen molar-refractivity contribution in [2.45, 2.75) is 61.3 Å². The van der Waals surface area contributed by atoms with Gasteiger partial charge in [-0.15, -0.1) is 0 Å². The van der Waals surface area contributed by atoms with Crippen LogP contribution in [0.5, 0.6) is 0 Å². The zero-order chi connectivity index (χ0) is 19.5. The normalized spacial score (nSPS) is 20.9. The van der Waals surface area contributed by atoms with Crippen molar-refractivity contribution in [1.82, 2.24) is 0 Å². The molecule has 1 aliphatic rings. The zero-order valence-electron chi connectivity index (χ0n) is 16.4. The van der Waals surface area contributed by atoms with Crippen molar-refractivity contribution in [3.63, 3.8) is 0 Å². The van der Waals surface area contributed by atoms with E-state index >= 15 is 0 Å². The van der Waals surface area contributed by atoms with Gasteiger partial charge in [0.2, 0.25) is 0 Å². The lowest BCUT2D eigenvalue weighted by Crippen LogP contribution is -2.39. The molecule has 1 aliphatic carbocycles. The van der Waals surface area contributed by atoms with Crippen LogP contribution in [0, 0.1) is 11.3 Å². The predicted octanol–water partition coefficient (Wildman–Crippen LogP) is 5.14. The highest BCUT2D eigenvalue weighted by Gasteiger charge is 2.47. The molecule has 0 saturated carbocycles. The van der Waals surface area contributed by atoms with Crippen LogP contribution in [-0.2, 0) is 9.59 Å². The summed E-state index contributed by atoms with van der Waals surface area (Å²) in [5, 5.41) is 21.4. The SMILES string of the molecule is CC(C)=CCC1=C(O)[C@@](C)(CC=C(C)C)C(=O)C(C(=O)C(C)C)=C1O. The molecule has 4 nitrogen and oxygen atoms in total. The van der Waals surface area contributed by atoms with Gasteiger partial charge in [0.25, 0.3) is 0 Å². The highest BCUT2D eigenvalue weighted by Crippen LogP contribution is 2.43. The van der Waals surface area contributed by atoms with Crippen LogP contribution in [0.1, 0.15) is 61.3 Å². The fourth-order valence-corrected chi connectivity index (χ4v) is 2.70. The summed E-state index contributed by atoms with van der Waals surface area (Å²) in [4.78, 5) is 25.6. The first-order valence-electron chi connectivity index (χ1n) is 8.65. The van der Waals surface area contributed by atoms with Crippen LogP contribution >= 0.6 is 0 Å². The van der Waals surface area contributed by atoms with Crippen LogP contribution in [-0.4, -0.2) is 21.8 Å². The fourth-order valence-electron chi connectivity index (χ4n) is 2.70. The minimum atomic E-state index is -1.24. The number of Topliss-reactive ketones (excluding diaryl/α,β-unsaturated/α-hetero) is 2. The minimum Gasteiger partial charge on any atom is -0.511 e. The van der Waals surface area contributed by atoms with Crippen LogP contribution in [0.3, 0.4) is 0 Å². The van der Waals surface area contributed by atoms with Crippen molar-refractivity contribution in [2.75, 3.05) is 0 Å². The molecule has 0 aromatic rings. The number of aliphatic hydroxyl groups excluding tert-OH is 2. The van der Waals surface area contributed by atoms with E-state index in [1.807, 2.05) is 39.8 Å². The van der Waals surface area contributed by atoms with Gasteiger partial charge in [-0.05, 0) is 47.5 Å². The quantitative estimate of drug-likeness (QED) is 0.516. The van der Waals surface area contributed by atoms with Gasteiger partial charge >= 0.3 is 0 Å². The van der Waals surface area contributed by atoms with E-state index in [2.05, 4.69) is 0 Å². The standard InChI is InChI=1S/C21H30O4/c1-12(2)8-9-15-18(23)16(17(22)14(5)6)20(25)21(7,19(15)24)11-10-13(3)4/h8,10,14,23-24H,9,11H2,1-7H3/t21-/m1/s1. The number of hydrogen-bond acceptors (Lipinski definition) is 4. The third kappa shape index (κ3) is 4.30. The molecule has 0 bridgehead atoms. The van der Waals surface area contributed by atoms with Crippen LogP contribution in [0.15, 0.2) is 46.0 Å². The van der Waals surface area contributed by atoms with E-state index in [0.717, 1.165) is 11.1 Å². The van der Waals surface area contributed by atoms with E-state index in [-0.39, 0.29) is 35.5 Å². The second-order valence-corrected chi connectivity index (χ2v) is 7.70. The average molecular weight is 346 g/mol. The van der Waals surface area contributed by atoms with Crippen molar-refractivity contribution >= 4 is 11.6 Å². The van der Waals surface area contributed by atoms with Gasteiger partial charge in [0.1, 0.15) is 17.1 Å². The molecule has 0 aromatic carbocycles. The van der Waals surface area contributed by atoms with E-state index < -0.39 is 22.9 Å². The van der Waals surface area contributed by atoms with Gasteiger partial charge in [0, 0.05) is 11.5 Å². The van der Waals surface area contributed by atoms with Gasteiger partial charge in [-0.2, -0.15) is 0 Å². The fraction of sp³-hybridized carbons (Fsp3) is 0.524. The van der Waals surface area contributed by atoms with Gasteiger partial charge in [0.15, 0.2) is 11.6 Å². The van der Waals surface area contributed by atoms with Crippen LogP contribution in [0.4, 0.5) is 0 Å². The topological polar surface area (TPSA) is 74.6 Å². The second kappa shape index (κ2) is 7.85. The van der Waals surface area contributed by atoms with Crippen molar-refractivity contribution in [3.8, 4) is 0 Å². The molecule has 1 atom stereocenters. The number of aliphatic hydroxyl groups is 2. The minimum absolute atomic E-state index is 0.148. The van der Waals surface area contributed by atoms with E-state index in [1.165, 1.54) is 0 Å². The molecule has 4 heteroatoms. The Hall–Kier alpha value is -2.10. The van der Waals surface area contributed by atoms with Gasteiger partial charge in [0.05, 0.1) is 5.41 Å². The lowest BCUT2D eigenvalue weighted by molar-refractivity contribution is -0.128. The largest absolute Gasteiger partial charge is 0.511 e. The maximum absolute atomic E-state index is 13.0. The summed E-state index contributed by atoms with van der Waals surface area (Å²) in [7, 11) is 0. The smallest absolute Gasteiger partial charge is 0.183 e. The van der Waals surface area contributed by atoms with Crippen molar-refractivity contribution in [3.05, 3.63) is 46.0 Å². The molecule has 0 amide bonds. The first-order chi connectivity index (χ1) is 11.4. The molecule has 25 heavy (non-hydrogen) atoms. The molecule has 0 fully saturated rings. The maximum Gasteiger partial charge on any atom is 0.183 e. The van der Waals surface area contributed by atoms with Gasteiger partial charge in [-0.25, -0.2) is 0 Å². The Morgan fingerprint density at radius 1 is 1.08 bits per heavy atom. The molecule has 0 aromatic heterocycles. The summed E-state index contributed by atoms with van der Waals surface area (Å²) in [6, 6.07) is 0. The molecule has 0 radical (unpaired) electrons. The van der Waals surface area contributed by atoms with Gasteiger partial charge in [-0.1, -0.05) is 37.1 Å². The number of carbonyl (C=O) groups is 2. The second-order valence-electron chi connectivity index (χ2n) is 7.70. The molecule has 0 spiro atoms. The predicted molar refractivity (Wildman–Crippen MR) is 100 cm³/mol. The zero-order valence-corrected chi connectivity index (χ0v) is 16.4. The van der Waals surface area contributed by atoms with Crippen molar-refractivity contribution in [1.29, 1.82) is 0 Å². The van der Waals surface area contributed by atoms with E-state index in [9.17, 15) is 19.8 Å². The molecule has 1 rings (SSSR count). The summed E-state index contributed by atoms with van der Waals surface area (Å²) in [6.07, 6.45) is 4.27. The summed E-state index contributed by atoms with van der Waals surface area (Å²) >= 11 is 0. The summed E-state index contributed by atoms with van der Waals surface area (Å²) < 4.78 is 0. The lowest BCUT2D eigenvalue weighted by atomic mass is 9.69. The number of ketones is 2. The lowest BCUT2D eigenvalue weighted by Gasteiger charge is -2.33. The molecule has 2 N–H and O–H groups in total. The number of allylic oxidation sites excluding steroid dienone is 7. The summed E-state index contributed by atoms with van der Waals surface area (Å²) in [5.74, 6) is -1.86. The third-order valence-electron chi connectivity index (χ3n) is 4.46. The highest BCUT2D eigenvalue weighted by atomic mass is 16.3. The first-order valence-corrected chi connectivity index (χ1v) is 8.65. The van der Waals surface area contributed by atoms with Gasteiger partial charge < -0.3 is 10.2 Å². The molecule has 0 heterocycles. The molecule has 0 unspecified atom stereocenters. The molecule has 0 aliphatic heterocycles. The maximum atomic E-state index is 13.0. The Bertz CT molecular complexity index is 693. The average Bonchev–Trinajstić information content (AvgIpc) is 2.50. The Morgan fingerprint density at radius 2 is 1.60 bits per heavy atom. The number of hydrogen-bond donors (Lipinski definition) is 2. The highest BCUT2D eigenvalue weighted by molar-refractivity contribution is 6.24. The Morgan fingerprint density at radius 3 is 2.04 bits per heavy atom. The first kappa shape index (κ1) is 20.9. The molecule has 0 saturated heterocycles. The van der Waals surface area contributed by atoms with Crippen molar-refractivity contribution in [2.24, 2.45) is 11.3 Å². The van der Waals surface area contributed by atoms with Crippen LogP contribution in [0.2, 0.25) is 0 Å². The van der Waals surface area contributed by atoms with Crippen LogP contribution < -0.4 is 0 Å². The Kier molecular flexibility index (Phi) is 6.58. The number of carbonyl (C=O) groups excluding carboxylic acids is 2. The molecule has 138 valence electrons. The number of rotatable bonds is 6. The van der Waals surface area contributed by atoms with E-state index in [4.69, 9.17) is 0 Å². The Labute approximate surface area is 150 Å². The summed E-state index contributed by atoms with van der Waals surface area (Å²) in [6.45, 7) is 12.7. The van der Waals surface area contributed by atoms with Crippen molar-refractivity contribution < 1.29 is 19.8 Å². The third-order valence-corrected chi connectivity index (χ3v) is 4.46. The van der Waals surface area contributed by atoms with E-state index in [0.29, 0.717) is 0 Å². The Balaban J connectivity index is 3.62. The van der Waals surface area contributed by atoms with Crippen LogP contribution in [0.25, 0.3) is 0 Å². The molecular formula is C21H30O4. The van der Waals surface area contributed by atoms with Gasteiger partial charge in [-0.3, -0.25) is 9.59 Å². The monoisotopic (exact) mass is 346 g/mol. The summed E-state index contributed by atoms with van der Waals surface area (Å²) in [5.41, 5.74) is 0.869.